The van der Waals surface area contributed by atoms with Crippen molar-refractivity contribution in [3.05, 3.63) is 83.4 Å². The molecule has 2 N–H and O–H groups in total. The van der Waals surface area contributed by atoms with Gasteiger partial charge in [0, 0.05) is 5.41 Å². The molecular formula is C24H25NO. The van der Waals surface area contributed by atoms with E-state index in [0.717, 1.165) is 18.6 Å². The zero-order chi connectivity index (χ0) is 18.1. The second kappa shape index (κ2) is 6.62. The summed E-state index contributed by atoms with van der Waals surface area (Å²) in [7, 11) is 1.72. The van der Waals surface area contributed by atoms with Crippen LogP contribution in [-0.2, 0) is 11.8 Å². The molecule has 0 aromatic heterocycles. The van der Waals surface area contributed by atoms with E-state index in [9.17, 15) is 0 Å². The minimum atomic E-state index is -0.0648. The molecule has 1 atom stereocenters. The van der Waals surface area contributed by atoms with Crippen LogP contribution in [0.4, 0.5) is 0 Å². The Morgan fingerprint density at radius 3 is 2.58 bits per heavy atom. The van der Waals surface area contributed by atoms with Gasteiger partial charge in [-0.15, -0.1) is 0 Å². The molecule has 4 rings (SSSR count). The number of rotatable bonds is 5. The highest BCUT2D eigenvalue weighted by atomic mass is 16.5. The molecule has 0 saturated carbocycles. The summed E-state index contributed by atoms with van der Waals surface area (Å²) in [6, 6.07) is 21.7. The van der Waals surface area contributed by atoms with E-state index in [1.165, 1.54) is 33.0 Å². The standard InChI is InChI=1S/C24H25NO/c1-24(16-17-7-3-10-19(15-17)26-2)21(13-6-14-25)20-11-4-8-18-9-5-12-22(24)23(18)20/h3-5,7-13,15H,6,14,16,25H2,1-2H3. The van der Waals surface area contributed by atoms with Gasteiger partial charge in [0.2, 0.25) is 0 Å². The number of methoxy groups -OCH3 is 1. The Hall–Kier alpha value is -2.58. The lowest BCUT2D eigenvalue weighted by molar-refractivity contribution is 0.414. The minimum Gasteiger partial charge on any atom is -0.497 e. The molecule has 0 amide bonds. The molecule has 0 aliphatic heterocycles. The summed E-state index contributed by atoms with van der Waals surface area (Å²) in [5, 5.41) is 2.71. The third kappa shape index (κ3) is 2.62. The maximum atomic E-state index is 5.83. The lowest BCUT2D eigenvalue weighted by Crippen LogP contribution is -2.23. The van der Waals surface area contributed by atoms with Gasteiger partial charge < -0.3 is 10.5 Å². The zero-order valence-corrected chi connectivity index (χ0v) is 15.5. The van der Waals surface area contributed by atoms with Crippen LogP contribution < -0.4 is 10.5 Å². The molecule has 0 spiro atoms. The fraction of sp³-hybridized carbons (Fsp3) is 0.250. The molecule has 1 aliphatic rings. The van der Waals surface area contributed by atoms with Crippen LogP contribution in [-0.4, -0.2) is 13.7 Å². The van der Waals surface area contributed by atoms with Gasteiger partial charge in [-0.05, 0) is 64.6 Å². The van der Waals surface area contributed by atoms with Gasteiger partial charge in [0.25, 0.3) is 0 Å². The SMILES string of the molecule is COc1cccc(CC2(C)C(=CCCN)c3cccc4cccc2c34)c1. The molecule has 132 valence electrons. The maximum Gasteiger partial charge on any atom is 0.119 e. The third-order valence-corrected chi connectivity index (χ3v) is 5.59. The Morgan fingerprint density at radius 1 is 1.04 bits per heavy atom. The van der Waals surface area contributed by atoms with Crippen molar-refractivity contribution in [1.82, 2.24) is 0 Å². The summed E-state index contributed by atoms with van der Waals surface area (Å²) < 4.78 is 5.43. The molecule has 26 heavy (non-hydrogen) atoms. The highest BCUT2D eigenvalue weighted by Gasteiger charge is 2.39. The Balaban J connectivity index is 1.89. The molecule has 3 aromatic carbocycles. The quantitative estimate of drug-likeness (QED) is 0.700. The Morgan fingerprint density at radius 2 is 1.81 bits per heavy atom. The van der Waals surface area contributed by atoms with Crippen molar-refractivity contribution >= 4 is 16.3 Å². The minimum absolute atomic E-state index is 0.0648. The number of hydrogen-bond donors (Lipinski definition) is 1. The summed E-state index contributed by atoms with van der Waals surface area (Å²) in [5.74, 6) is 0.910. The number of benzene rings is 3. The highest BCUT2D eigenvalue weighted by molar-refractivity contribution is 6.05. The Kier molecular flexibility index (Phi) is 4.29. The van der Waals surface area contributed by atoms with Gasteiger partial charge >= 0.3 is 0 Å². The molecule has 2 heteroatoms. The van der Waals surface area contributed by atoms with E-state index in [1.54, 1.807) is 7.11 Å². The largest absolute Gasteiger partial charge is 0.497 e. The lowest BCUT2D eigenvalue weighted by Gasteiger charge is -2.29. The van der Waals surface area contributed by atoms with E-state index in [1.807, 2.05) is 6.07 Å². The van der Waals surface area contributed by atoms with Crippen LogP contribution in [0.25, 0.3) is 16.3 Å². The van der Waals surface area contributed by atoms with E-state index in [4.69, 9.17) is 10.5 Å². The number of hydrogen-bond acceptors (Lipinski definition) is 2. The van der Waals surface area contributed by atoms with Gasteiger partial charge in [0.1, 0.15) is 5.75 Å². The van der Waals surface area contributed by atoms with Crippen LogP contribution in [0, 0.1) is 0 Å². The lowest BCUT2D eigenvalue weighted by atomic mass is 9.74. The van der Waals surface area contributed by atoms with E-state index in [-0.39, 0.29) is 5.41 Å². The number of nitrogens with two attached hydrogens (primary N) is 1. The van der Waals surface area contributed by atoms with E-state index >= 15 is 0 Å². The third-order valence-electron chi connectivity index (χ3n) is 5.59. The molecule has 1 unspecified atom stereocenters. The van der Waals surface area contributed by atoms with Gasteiger partial charge in [0.05, 0.1) is 7.11 Å². The van der Waals surface area contributed by atoms with Crippen LogP contribution in [0.15, 0.2) is 66.7 Å². The van der Waals surface area contributed by atoms with Crippen molar-refractivity contribution in [3.63, 3.8) is 0 Å². The summed E-state index contributed by atoms with van der Waals surface area (Å²) in [5.41, 5.74) is 11.2. The molecule has 2 nitrogen and oxygen atoms in total. The second-order valence-electron chi connectivity index (χ2n) is 7.26. The van der Waals surface area contributed by atoms with E-state index in [2.05, 4.69) is 67.6 Å². The van der Waals surface area contributed by atoms with Crippen molar-refractivity contribution in [1.29, 1.82) is 0 Å². The molecule has 3 aromatic rings. The monoisotopic (exact) mass is 343 g/mol. The van der Waals surface area contributed by atoms with E-state index < -0.39 is 0 Å². The molecule has 0 bridgehead atoms. The second-order valence-corrected chi connectivity index (χ2v) is 7.26. The van der Waals surface area contributed by atoms with Crippen molar-refractivity contribution in [2.24, 2.45) is 5.73 Å². The first-order valence-corrected chi connectivity index (χ1v) is 9.23. The van der Waals surface area contributed by atoms with Gasteiger partial charge in [-0.2, -0.15) is 0 Å². The van der Waals surface area contributed by atoms with Gasteiger partial charge in [-0.25, -0.2) is 0 Å². The smallest absolute Gasteiger partial charge is 0.119 e. The average Bonchev–Trinajstić information content (AvgIpc) is 2.90. The predicted molar refractivity (Wildman–Crippen MR) is 110 cm³/mol. The molecule has 0 radical (unpaired) electrons. The van der Waals surface area contributed by atoms with Crippen LogP contribution in [0.2, 0.25) is 0 Å². The number of ether oxygens (including phenoxy) is 1. The first-order chi connectivity index (χ1) is 12.7. The van der Waals surface area contributed by atoms with Gasteiger partial charge in [-0.1, -0.05) is 61.5 Å². The first kappa shape index (κ1) is 16.9. The van der Waals surface area contributed by atoms with Crippen molar-refractivity contribution in [2.45, 2.75) is 25.2 Å². The normalized spacial score (nSPS) is 20.0. The Labute approximate surface area is 155 Å². The highest BCUT2D eigenvalue weighted by Crippen LogP contribution is 2.52. The molecule has 1 aliphatic carbocycles. The first-order valence-electron chi connectivity index (χ1n) is 9.23. The molecular weight excluding hydrogens is 318 g/mol. The average molecular weight is 343 g/mol. The van der Waals surface area contributed by atoms with Crippen LogP contribution in [0.5, 0.6) is 5.75 Å². The van der Waals surface area contributed by atoms with Crippen molar-refractivity contribution in [3.8, 4) is 5.75 Å². The molecule has 0 fully saturated rings. The maximum absolute atomic E-state index is 5.83. The topological polar surface area (TPSA) is 35.2 Å². The van der Waals surface area contributed by atoms with Gasteiger partial charge in [-0.3, -0.25) is 0 Å². The van der Waals surface area contributed by atoms with Gasteiger partial charge in [0.15, 0.2) is 0 Å². The zero-order valence-electron chi connectivity index (χ0n) is 15.5. The summed E-state index contributed by atoms with van der Waals surface area (Å²) >= 11 is 0. The summed E-state index contributed by atoms with van der Waals surface area (Å²) in [6.45, 7) is 3.04. The van der Waals surface area contributed by atoms with Crippen molar-refractivity contribution < 1.29 is 4.74 Å². The molecule has 0 saturated heterocycles. The fourth-order valence-corrected chi connectivity index (χ4v) is 4.41. The Bertz CT molecular complexity index is 983. The molecule has 0 heterocycles. The van der Waals surface area contributed by atoms with Crippen LogP contribution in [0.3, 0.4) is 0 Å². The fourth-order valence-electron chi connectivity index (χ4n) is 4.41. The number of allylic oxidation sites excluding steroid dienone is 1. The van der Waals surface area contributed by atoms with E-state index in [0.29, 0.717) is 6.54 Å². The summed E-state index contributed by atoms with van der Waals surface area (Å²) in [4.78, 5) is 0. The summed E-state index contributed by atoms with van der Waals surface area (Å²) in [6.07, 6.45) is 4.18. The van der Waals surface area contributed by atoms with Crippen molar-refractivity contribution in [2.75, 3.05) is 13.7 Å². The predicted octanol–water partition coefficient (Wildman–Crippen LogP) is 5.09. The van der Waals surface area contributed by atoms with Crippen LogP contribution in [0.1, 0.15) is 30.0 Å². The van der Waals surface area contributed by atoms with Crippen LogP contribution >= 0.6 is 0 Å².